The van der Waals surface area contributed by atoms with E-state index >= 15 is 0 Å². The third-order valence-corrected chi connectivity index (χ3v) is 6.36. The Balaban J connectivity index is 1.35. The maximum Gasteiger partial charge on any atom is 0.332 e. The van der Waals surface area contributed by atoms with E-state index in [0.717, 1.165) is 24.0 Å². The van der Waals surface area contributed by atoms with Gasteiger partial charge in [-0.1, -0.05) is 0 Å². The molecule has 0 saturated carbocycles. The third-order valence-electron chi connectivity index (χ3n) is 6.36. The standard InChI is InChI=1S/C26H30N6O6/c1-29-23-21(25(34)30(2)26(29)35)32(16-27-23)11-7-6-10-31-12-8-18(9-13-31)28-24(33)17-14-19(36-3)22(38-5)20(15-17)37-4/h8-9,12-16H,6-7,10-11H2,1-5H3/p+1. The number of hydrogen-bond acceptors (Lipinski definition) is 7. The van der Waals surface area contributed by atoms with Gasteiger partial charge in [0.25, 0.3) is 11.5 Å². The molecule has 12 nitrogen and oxygen atoms in total. The van der Waals surface area contributed by atoms with Crippen molar-refractivity contribution in [3.05, 3.63) is 69.4 Å². The number of benzene rings is 1. The van der Waals surface area contributed by atoms with Crippen molar-refractivity contribution in [3.63, 3.8) is 0 Å². The van der Waals surface area contributed by atoms with E-state index in [9.17, 15) is 14.4 Å². The topological polar surface area (TPSA) is 122 Å². The third kappa shape index (κ3) is 5.10. The molecule has 12 heteroatoms. The fourth-order valence-electron chi connectivity index (χ4n) is 4.25. The Morgan fingerprint density at radius 1 is 0.974 bits per heavy atom. The van der Waals surface area contributed by atoms with Gasteiger partial charge in [0, 0.05) is 44.8 Å². The van der Waals surface area contributed by atoms with Gasteiger partial charge in [-0.25, -0.2) is 14.3 Å². The summed E-state index contributed by atoms with van der Waals surface area (Å²) < 4.78 is 22.2. The number of rotatable bonds is 10. The van der Waals surface area contributed by atoms with E-state index < -0.39 is 5.69 Å². The summed E-state index contributed by atoms with van der Waals surface area (Å²) in [4.78, 5) is 41.7. The van der Waals surface area contributed by atoms with E-state index in [1.165, 1.54) is 32.9 Å². The van der Waals surface area contributed by atoms with Gasteiger partial charge >= 0.3 is 5.69 Å². The van der Waals surface area contributed by atoms with Crippen LogP contribution in [0.2, 0.25) is 0 Å². The summed E-state index contributed by atoms with van der Waals surface area (Å²) in [7, 11) is 7.57. The highest BCUT2D eigenvalue weighted by atomic mass is 16.5. The van der Waals surface area contributed by atoms with Gasteiger partial charge in [-0.2, -0.15) is 0 Å². The molecule has 0 radical (unpaired) electrons. The highest BCUT2D eigenvalue weighted by molar-refractivity contribution is 6.05. The van der Waals surface area contributed by atoms with Crippen molar-refractivity contribution in [2.45, 2.75) is 25.9 Å². The smallest absolute Gasteiger partial charge is 0.332 e. The Morgan fingerprint density at radius 2 is 1.63 bits per heavy atom. The number of aromatic nitrogens is 5. The zero-order valence-electron chi connectivity index (χ0n) is 22.1. The summed E-state index contributed by atoms with van der Waals surface area (Å²) in [6.07, 6.45) is 7.05. The zero-order valence-corrected chi connectivity index (χ0v) is 22.1. The van der Waals surface area contributed by atoms with E-state index in [1.54, 1.807) is 30.1 Å². The molecule has 4 rings (SSSR count). The highest BCUT2D eigenvalue weighted by Gasteiger charge is 2.18. The minimum Gasteiger partial charge on any atom is -0.493 e. The molecule has 0 fully saturated rings. The van der Waals surface area contributed by atoms with Crippen LogP contribution in [0.4, 0.5) is 5.69 Å². The second-order valence-corrected chi connectivity index (χ2v) is 8.72. The summed E-state index contributed by atoms with van der Waals surface area (Å²) in [5, 5.41) is 2.88. The van der Waals surface area contributed by atoms with Gasteiger partial charge in [0.2, 0.25) is 5.75 Å². The normalized spacial score (nSPS) is 11.0. The second-order valence-electron chi connectivity index (χ2n) is 8.72. The van der Waals surface area contributed by atoms with Crippen molar-refractivity contribution < 1.29 is 23.6 Å². The molecule has 0 aliphatic carbocycles. The number of aryl methyl sites for hydroxylation is 3. The molecule has 0 unspecified atom stereocenters. The molecule has 1 N–H and O–H groups in total. The van der Waals surface area contributed by atoms with Crippen molar-refractivity contribution in [1.82, 2.24) is 18.7 Å². The Morgan fingerprint density at radius 3 is 2.24 bits per heavy atom. The number of nitrogens with one attached hydrogen (secondary N) is 1. The van der Waals surface area contributed by atoms with Gasteiger partial charge < -0.3 is 24.1 Å². The number of ether oxygens (including phenoxy) is 3. The van der Waals surface area contributed by atoms with E-state index in [4.69, 9.17) is 14.2 Å². The van der Waals surface area contributed by atoms with Gasteiger partial charge in [0.05, 0.1) is 33.3 Å². The predicted molar refractivity (Wildman–Crippen MR) is 140 cm³/mol. The maximum atomic E-state index is 12.8. The molecular weight excluding hydrogens is 492 g/mol. The minimum atomic E-state index is -0.396. The quantitative estimate of drug-likeness (QED) is 0.247. The summed E-state index contributed by atoms with van der Waals surface area (Å²) in [6.45, 7) is 1.36. The van der Waals surface area contributed by atoms with Crippen LogP contribution in [-0.4, -0.2) is 45.9 Å². The Bertz CT molecular complexity index is 1560. The molecule has 3 heterocycles. The van der Waals surface area contributed by atoms with E-state index in [0.29, 0.717) is 46.2 Å². The molecule has 0 saturated heterocycles. The number of imidazole rings is 1. The van der Waals surface area contributed by atoms with Gasteiger partial charge in [-0.3, -0.25) is 18.7 Å². The van der Waals surface area contributed by atoms with E-state index in [-0.39, 0.29) is 11.5 Å². The lowest BCUT2D eigenvalue weighted by Crippen LogP contribution is -2.37. The number of anilines is 1. The molecule has 3 aromatic heterocycles. The summed E-state index contributed by atoms with van der Waals surface area (Å²) in [5.74, 6) is 0.909. The number of hydrogen-bond donors (Lipinski definition) is 1. The average molecular weight is 524 g/mol. The van der Waals surface area contributed by atoms with Crippen LogP contribution in [0.15, 0.2) is 52.6 Å². The lowest BCUT2D eigenvalue weighted by Gasteiger charge is -2.14. The zero-order chi connectivity index (χ0) is 27.4. The van der Waals surface area contributed by atoms with Crippen molar-refractivity contribution in [1.29, 1.82) is 0 Å². The number of pyridine rings is 1. The predicted octanol–water partition coefficient (Wildman–Crippen LogP) is 1.48. The monoisotopic (exact) mass is 523 g/mol. The number of methoxy groups -OCH3 is 3. The number of carbonyl (C=O) groups excluding carboxylic acids is 1. The Hall–Kier alpha value is -4.61. The largest absolute Gasteiger partial charge is 0.493 e. The molecule has 200 valence electrons. The molecule has 1 aromatic carbocycles. The fourth-order valence-corrected chi connectivity index (χ4v) is 4.25. The van der Waals surface area contributed by atoms with Crippen molar-refractivity contribution in [3.8, 4) is 17.2 Å². The van der Waals surface area contributed by atoms with Crippen LogP contribution < -0.4 is 35.3 Å². The summed E-state index contributed by atoms with van der Waals surface area (Å²) >= 11 is 0. The van der Waals surface area contributed by atoms with E-state index in [2.05, 4.69) is 10.3 Å². The molecule has 0 atom stereocenters. The SMILES string of the molecule is COc1cc(C(=O)Nc2cc[n+](CCCCn3cnc4c3c(=O)n(C)c(=O)n4C)cc2)cc(OC)c1OC. The molecule has 4 aromatic rings. The Kier molecular flexibility index (Phi) is 7.79. The van der Waals surface area contributed by atoms with Crippen molar-refractivity contribution >= 4 is 22.8 Å². The first-order chi connectivity index (χ1) is 18.3. The van der Waals surface area contributed by atoms with Crippen molar-refractivity contribution in [2.75, 3.05) is 26.6 Å². The lowest BCUT2D eigenvalue weighted by atomic mass is 10.1. The first kappa shape index (κ1) is 26.5. The van der Waals surface area contributed by atoms with Gasteiger partial charge in [-0.15, -0.1) is 0 Å². The van der Waals surface area contributed by atoms with Crippen LogP contribution >= 0.6 is 0 Å². The maximum absolute atomic E-state index is 12.8. The fraction of sp³-hybridized carbons (Fsp3) is 0.346. The Labute approximate surface area is 218 Å². The van der Waals surface area contributed by atoms with Gasteiger partial charge in [0.15, 0.2) is 35.1 Å². The molecule has 0 aliphatic rings. The lowest BCUT2D eigenvalue weighted by molar-refractivity contribution is -0.697. The number of carbonyl (C=O) groups is 1. The summed E-state index contributed by atoms with van der Waals surface area (Å²) in [6, 6.07) is 6.84. The van der Waals surface area contributed by atoms with Crippen molar-refractivity contribution in [2.24, 2.45) is 14.1 Å². The van der Waals surface area contributed by atoms with Crippen LogP contribution in [-0.2, 0) is 27.2 Å². The van der Waals surface area contributed by atoms with Crippen LogP contribution in [0, 0.1) is 0 Å². The average Bonchev–Trinajstić information content (AvgIpc) is 3.37. The number of nitrogens with zero attached hydrogens (tertiary/aromatic N) is 5. The molecule has 1 amide bonds. The van der Waals surface area contributed by atoms with Crippen LogP contribution in [0.1, 0.15) is 23.2 Å². The molecule has 0 spiro atoms. The molecule has 0 aliphatic heterocycles. The van der Waals surface area contributed by atoms with Gasteiger partial charge in [0.1, 0.15) is 6.54 Å². The van der Waals surface area contributed by atoms with Crippen LogP contribution in [0.3, 0.4) is 0 Å². The number of unbranched alkanes of at least 4 members (excludes halogenated alkanes) is 1. The number of amides is 1. The number of fused-ring (bicyclic) bond motifs is 1. The van der Waals surface area contributed by atoms with Gasteiger partial charge in [-0.05, 0) is 18.6 Å². The van der Waals surface area contributed by atoms with Crippen LogP contribution in [0.5, 0.6) is 17.2 Å². The minimum absolute atomic E-state index is 0.307. The van der Waals surface area contributed by atoms with Crippen LogP contribution in [0.25, 0.3) is 11.2 Å². The van der Waals surface area contributed by atoms with E-state index in [1.807, 2.05) is 29.1 Å². The molecule has 38 heavy (non-hydrogen) atoms. The highest BCUT2D eigenvalue weighted by Crippen LogP contribution is 2.38. The molecular formula is C26H31N6O6+. The first-order valence-electron chi connectivity index (χ1n) is 12.0. The second kappa shape index (κ2) is 11.2. The first-order valence-corrected chi connectivity index (χ1v) is 12.0. The molecule has 0 bridgehead atoms. The summed E-state index contributed by atoms with van der Waals surface area (Å²) in [5.41, 5.74) is 1.09.